The van der Waals surface area contributed by atoms with Gasteiger partial charge in [-0.25, -0.2) is 0 Å². The average molecular weight is 338 g/mol. The number of hydrogen-bond acceptors (Lipinski definition) is 4. The predicted molar refractivity (Wildman–Crippen MR) is 93.9 cm³/mol. The Bertz CT molecular complexity index is 674. The minimum Gasteiger partial charge on any atom is -0.466 e. The maximum Gasteiger partial charge on any atom is 0.311 e. The first-order valence-corrected chi connectivity index (χ1v) is 8.62. The molecule has 0 N–H and O–H groups in total. The third kappa shape index (κ3) is 2.82. The molecule has 1 aliphatic rings. The molecule has 4 nitrogen and oxygen atoms in total. The lowest BCUT2D eigenvalue weighted by Gasteiger charge is -2.19. The van der Waals surface area contributed by atoms with Gasteiger partial charge in [0.25, 0.3) is 0 Å². The molecule has 0 spiro atoms. The molecule has 0 saturated heterocycles. The summed E-state index contributed by atoms with van der Waals surface area (Å²) in [7, 11) is 0. The molecule has 3 rings (SSSR count). The Labute approximate surface area is 147 Å². The second-order valence-corrected chi connectivity index (χ2v) is 6.06. The van der Waals surface area contributed by atoms with Gasteiger partial charge in [-0.05, 0) is 25.0 Å². The van der Waals surface area contributed by atoms with E-state index in [9.17, 15) is 9.59 Å². The normalized spacial score (nSPS) is 20.6. The topological polar surface area (TPSA) is 52.6 Å². The predicted octanol–water partition coefficient (Wildman–Crippen LogP) is 3.34. The molecule has 2 atom stereocenters. The van der Waals surface area contributed by atoms with Crippen LogP contribution in [0.3, 0.4) is 0 Å². The fraction of sp³-hybridized carbons (Fsp3) is 0.333. The number of hydrogen-bond donors (Lipinski definition) is 0. The van der Waals surface area contributed by atoms with Crippen molar-refractivity contribution in [2.24, 2.45) is 11.8 Å². The quantitative estimate of drug-likeness (QED) is 0.758. The Hall–Kier alpha value is -2.62. The lowest BCUT2D eigenvalue weighted by atomic mass is 9.84. The van der Waals surface area contributed by atoms with Gasteiger partial charge in [-0.1, -0.05) is 60.7 Å². The van der Waals surface area contributed by atoms with Crippen LogP contribution in [0.1, 0.15) is 25.0 Å². The van der Waals surface area contributed by atoms with E-state index in [0.29, 0.717) is 0 Å². The standard InChI is InChI=1S/C21H22O4/c1-3-24-19(22)17-18(20(23)25-4-2)21(17,15-11-7-5-8-12-15)16-13-9-6-10-14-16/h5-14,17-18H,3-4H2,1-2H3/t17-,18-/m0/s1. The van der Waals surface area contributed by atoms with Crippen molar-refractivity contribution in [3.05, 3.63) is 71.8 Å². The van der Waals surface area contributed by atoms with Crippen LogP contribution in [0.25, 0.3) is 0 Å². The van der Waals surface area contributed by atoms with Crippen molar-refractivity contribution < 1.29 is 19.1 Å². The van der Waals surface area contributed by atoms with Gasteiger partial charge in [0.05, 0.1) is 25.0 Å². The van der Waals surface area contributed by atoms with Gasteiger partial charge < -0.3 is 9.47 Å². The SMILES string of the molecule is CCOC(=O)[C@@H]1[C@@H](C(=O)OCC)C1(c1ccccc1)c1ccccc1. The molecular formula is C21H22O4. The van der Waals surface area contributed by atoms with Gasteiger partial charge in [-0.3, -0.25) is 9.59 Å². The number of carbonyl (C=O) groups is 2. The van der Waals surface area contributed by atoms with Crippen LogP contribution < -0.4 is 0 Å². The number of ether oxygens (including phenoxy) is 2. The fourth-order valence-corrected chi connectivity index (χ4v) is 3.81. The van der Waals surface area contributed by atoms with Crippen molar-refractivity contribution in [3.63, 3.8) is 0 Å². The van der Waals surface area contributed by atoms with Crippen molar-refractivity contribution in [1.82, 2.24) is 0 Å². The average Bonchev–Trinajstić information content (AvgIpc) is 3.35. The van der Waals surface area contributed by atoms with E-state index >= 15 is 0 Å². The summed E-state index contributed by atoms with van der Waals surface area (Å²) in [6.07, 6.45) is 0. The molecule has 130 valence electrons. The first-order valence-electron chi connectivity index (χ1n) is 8.62. The molecule has 4 heteroatoms. The van der Waals surface area contributed by atoms with Crippen LogP contribution in [0, 0.1) is 11.8 Å². The molecule has 0 amide bonds. The zero-order chi connectivity index (χ0) is 17.9. The van der Waals surface area contributed by atoms with Gasteiger partial charge >= 0.3 is 11.9 Å². The molecule has 1 aliphatic carbocycles. The Balaban J connectivity index is 2.15. The summed E-state index contributed by atoms with van der Waals surface area (Å²) >= 11 is 0. The van der Waals surface area contributed by atoms with Gasteiger partial charge in [0, 0.05) is 5.41 Å². The van der Waals surface area contributed by atoms with E-state index in [-0.39, 0.29) is 25.2 Å². The molecule has 2 aromatic rings. The molecule has 0 aliphatic heterocycles. The highest BCUT2D eigenvalue weighted by Crippen LogP contribution is 2.64. The Morgan fingerprint density at radius 2 is 1.12 bits per heavy atom. The van der Waals surface area contributed by atoms with Crippen molar-refractivity contribution in [3.8, 4) is 0 Å². The number of rotatable bonds is 6. The van der Waals surface area contributed by atoms with Crippen LogP contribution in [-0.4, -0.2) is 25.2 Å². The van der Waals surface area contributed by atoms with Gasteiger partial charge in [0.1, 0.15) is 0 Å². The van der Waals surface area contributed by atoms with Crippen LogP contribution in [0.15, 0.2) is 60.7 Å². The van der Waals surface area contributed by atoms with Crippen molar-refractivity contribution in [2.45, 2.75) is 19.3 Å². The van der Waals surface area contributed by atoms with Gasteiger partial charge in [0.15, 0.2) is 0 Å². The highest BCUT2D eigenvalue weighted by molar-refractivity contribution is 5.94. The highest BCUT2D eigenvalue weighted by atomic mass is 16.5. The number of carbonyl (C=O) groups excluding carboxylic acids is 2. The second kappa shape index (κ2) is 7.09. The second-order valence-electron chi connectivity index (χ2n) is 6.06. The van der Waals surface area contributed by atoms with Crippen LogP contribution in [-0.2, 0) is 24.5 Å². The van der Waals surface area contributed by atoms with Crippen LogP contribution in [0.4, 0.5) is 0 Å². The molecule has 0 heterocycles. The summed E-state index contributed by atoms with van der Waals surface area (Å²) in [5.74, 6) is -1.85. The molecule has 1 fully saturated rings. The molecule has 0 bridgehead atoms. The number of benzene rings is 2. The molecule has 0 aromatic heterocycles. The number of esters is 2. The molecule has 0 unspecified atom stereocenters. The summed E-state index contributed by atoms with van der Waals surface area (Å²) in [6.45, 7) is 4.10. The lowest BCUT2D eigenvalue weighted by Crippen LogP contribution is -2.20. The van der Waals surface area contributed by atoms with Gasteiger partial charge in [0.2, 0.25) is 0 Å². The lowest BCUT2D eigenvalue weighted by molar-refractivity contribution is -0.150. The zero-order valence-electron chi connectivity index (χ0n) is 14.5. The minimum atomic E-state index is -0.735. The molecular weight excluding hydrogens is 316 g/mol. The monoisotopic (exact) mass is 338 g/mol. The Kier molecular flexibility index (Phi) is 4.88. The van der Waals surface area contributed by atoms with E-state index < -0.39 is 17.3 Å². The van der Waals surface area contributed by atoms with Crippen molar-refractivity contribution in [1.29, 1.82) is 0 Å². The third-order valence-corrected chi connectivity index (χ3v) is 4.79. The zero-order valence-corrected chi connectivity index (χ0v) is 14.5. The van der Waals surface area contributed by atoms with Crippen LogP contribution in [0.5, 0.6) is 0 Å². The first kappa shape index (κ1) is 17.2. The van der Waals surface area contributed by atoms with E-state index in [1.807, 2.05) is 60.7 Å². The Morgan fingerprint density at radius 3 is 1.44 bits per heavy atom. The van der Waals surface area contributed by atoms with Crippen LogP contribution in [0.2, 0.25) is 0 Å². The van der Waals surface area contributed by atoms with E-state index in [1.165, 1.54) is 0 Å². The molecule has 1 saturated carbocycles. The fourth-order valence-electron chi connectivity index (χ4n) is 3.81. The van der Waals surface area contributed by atoms with E-state index in [1.54, 1.807) is 13.8 Å². The van der Waals surface area contributed by atoms with Gasteiger partial charge in [-0.15, -0.1) is 0 Å². The van der Waals surface area contributed by atoms with E-state index in [2.05, 4.69) is 0 Å². The van der Waals surface area contributed by atoms with Crippen molar-refractivity contribution in [2.75, 3.05) is 13.2 Å². The summed E-state index contributed by atoms with van der Waals surface area (Å²) in [5.41, 5.74) is 1.12. The van der Waals surface area contributed by atoms with Crippen LogP contribution >= 0.6 is 0 Å². The van der Waals surface area contributed by atoms with E-state index in [4.69, 9.17) is 9.47 Å². The van der Waals surface area contributed by atoms with Crippen molar-refractivity contribution >= 4 is 11.9 Å². The summed E-state index contributed by atoms with van der Waals surface area (Å²) in [6, 6.07) is 19.3. The smallest absolute Gasteiger partial charge is 0.311 e. The minimum absolute atomic E-state index is 0.282. The highest BCUT2D eigenvalue weighted by Gasteiger charge is 2.74. The Morgan fingerprint density at radius 1 is 0.760 bits per heavy atom. The summed E-state index contributed by atoms with van der Waals surface area (Å²) in [5, 5.41) is 0. The summed E-state index contributed by atoms with van der Waals surface area (Å²) in [4.78, 5) is 25.3. The third-order valence-electron chi connectivity index (χ3n) is 4.79. The van der Waals surface area contributed by atoms with Gasteiger partial charge in [-0.2, -0.15) is 0 Å². The maximum atomic E-state index is 12.7. The molecule has 0 radical (unpaired) electrons. The first-order chi connectivity index (χ1) is 12.2. The molecule has 25 heavy (non-hydrogen) atoms. The largest absolute Gasteiger partial charge is 0.466 e. The maximum absolute atomic E-state index is 12.7. The molecule has 2 aromatic carbocycles. The van der Waals surface area contributed by atoms with E-state index in [0.717, 1.165) is 11.1 Å². The summed E-state index contributed by atoms with van der Waals surface area (Å²) < 4.78 is 10.6.